The molecule has 1 rings (SSSR count). The third-order valence-corrected chi connectivity index (χ3v) is 3.93. The van der Waals surface area contributed by atoms with Crippen molar-refractivity contribution in [1.29, 1.82) is 0 Å². The molecule has 0 fully saturated rings. The van der Waals surface area contributed by atoms with Crippen LogP contribution in [0.5, 0.6) is 0 Å². The standard InChI is InChI=1S/C13H20N2O2S/c1-4-18(17)8-7-15-13(16)11-9-10(2)5-6-12(11)14-3/h5-6,9,14H,4,7-8H2,1-3H3,(H,15,16). The highest BCUT2D eigenvalue weighted by molar-refractivity contribution is 7.84. The number of carbonyl (C=O) groups excluding carboxylic acids is 1. The van der Waals surface area contributed by atoms with Crippen molar-refractivity contribution in [2.45, 2.75) is 13.8 Å². The van der Waals surface area contributed by atoms with Crippen molar-refractivity contribution in [3.05, 3.63) is 29.3 Å². The first-order valence-electron chi connectivity index (χ1n) is 6.00. The van der Waals surface area contributed by atoms with Crippen LogP contribution in [0.15, 0.2) is 18.2 Å². The number of rotatable bonds is 6. The lowest BCUT2D eigenvalue weighted by atomic mass is 10.1. The summed E-state index contributed by atoms with van der Waals surface area (Å²) < 4.78 is 11.3. The van der Waals surface area contributed by atoms with E-state index in [1.54, 1.807) is 7.05 Å². The van der Waals surface area contributed by atoms with E-state index < -0.39 is 10.8 Å². The topological polar surface area (TPSA) is 58.2 Å². The molecule has 4 nitrogen and oxygen atoms in total. The molecule has 0 radical (unpaired) electrons. The summed E-state index contributed by atoms with van der Waals surface area (Å²) in [4.78, 5) is 12.0. The Hall–Kier alpha value is -1.36. The second-order valence-electron chi connectivity index (χ2n) is 3.99. The Kier molecular flexibility index (Phi) is 5.85. The van der Waals surface area contributed by atoms with Gasteiger partial charge in [-0.2, -0.15) is 0 Å². The Morgan fingerprint density at radius 2 is 2.11 bits per heavy atom. The van der Waals surface area contributed by atoms with Gasteiger partial charge in [-0.3, -0.25) is 9.00 Å². The summed E-state index contributed by atoms with van der Waals surface area (Å²) in [6.07, 6.45) is 0. The van der Waals surface area contributed by atoms with E-state index in [9.17, 15) is 9.00 Å². The molecule has 1 aromatic rings. The lowest BCUT2D eigenvalue weighted by molar-refractivity contribution is 0.0957. The SMILES string of the molecule is CCS(=O)CCNC(=O)c1cc(C)ccc1NC. The molecule has 1 atom stereocenters. The number of carbonyl (C=O) groups is 1. The summed E-state index contributed by atoms with van der Waals surface area (Å²) in [5.74, 6) is 1.00. The second-order valence-corrected chi connectivity index (χ2v) is 5.85. The van der Waals surface area contributed by atoms with Crippen molar-refractivity contribution in [1.82, 2.24) is 5.32 Å². The van der Waals surface area contributed by atoms with Crippen molar-refractivity contribution >= 4 is 22.4 Å². The van der Waals surface area contributed by atoms with Crippen LogP contribution in [0.1, 0.15) is 22.8 Å². The molecular formula is C13H20N2O2S. The maximum atomic E-state index is 12.0. The monoisotopic (exact) mass is 268 g/mol. The minimum atomic E-state index is -0.842. The van der Waals surface area contributed by atoms with Gasteiger partial charge < -0.3 is 10.6 Å². The minimum Gasteiger partial charge on any atom is -0.387 e. The third kappa shape index (κ3) is 4.14. The zero-order valence-corrected chi connectivity index (χ0v) is 11.9. The van der Waals surface area contributed by atoms with Gasteiger partial charge >= 0.3 is 0 Å². The molecule has 100 valence electrons. The lowest BCUT2D eigenvalue weighted by Gasteiger charge is -2.10. The molecule has 1 amide bonds. The minimum absolute atomic E-state index is 0.129. The number of nitrogens with one attached hydrogen (secondary N) is 2. The zero-order chi connectivity index (χ0) is 13.5. The smallest absolute Gasteiger partial charge is 0.253 e. The van der Waals surface area contributed by atoms with Crippen LogP contribution >= 0.6 is 0 Å². The summed E-state index contributed by atoms with van der Waals surface area (Å²) >= 11 is 0. The van der Waals surface area contributed by atoms with Gasteiger partial charge in [-0.05, 0) is 19.1 Å². The van der Waals surface area contributed by atoms with E-state index >= 15 is 0 Å². The highest BCUT2D eigenvalue weighted by Gasteiger charge is 2.10. The van der Waals surface area contributed by atoms with Crippen LogP contribution in [0.4, 0.5) is 5.69 Å². The molecule has 18 heavy (non-hydrogen) atoms. The fraction of sp³-hybridized carbons (Fsp3) is 0.462. The largest absolute Gasteiger partial charge is 0.387 e. The van der Waals surface area contributed by atoms with Crippen LogP contribution in [0.2, 0.25) is 0 Å². The first-order valence-corrected chi connectivity index (χ1v) is 7.48. The van der Waals surface area contributed by atoms with Crippen LogP contribution in [-0.4, -0.2) is 35.2 Å². The summed E-state index contributed by atoms with van der Waals surface area (Å²) in [6, 6.07) is 5.68. The van der Waals surface area contributed by atoms with Gasteiger partial charge in [0.15, 0.2) is 0 Å². The predicted octanol–water partition coefficient (Wildman–Crippen LogP) is 1.54. The first-order chi connectivity index (χ1) is 8.58. The summed E-state index contributed by atoms with van der Waals surface area (Å²) in [5.41, 5.74) is 2.46. The van der Waals surface area contributed by atoms with Crippen molar-refractivity contribution in [2.75, 3.05) is 30.4 Å². The van der Waals surface area contributed by atoms with Crippen LogP contribution in [-0.2, 0) is 10.8 Å². The van der Waals surface area contributed by atoms with Crippen molar-refractivity contribution < 1.29 is 9.00 Å². The van der Waals surface area contributed by atoms with E-state index in [0.29, 0.717) is 23.6 Å². The number of hydrogen-bond donors (Lipinski definition) is 2. The van der Waals surface area contributed by atoms with E-state index in [1.165, 1.54) is 0 Å². The van der Waals surface area contributed by atoms with Gasteiger partial charge in [0.05, 0.1) is 5.56 Å². The van der Waals surface area contributed by atoms with E-state index in [-0.39, 0.29) is 5.91 Å². The molecule has 0 spiro atoms. The normalized spacial score (nSPS) is 11.9. The van der Waals surface area contributed by atoms with Gasteiger partial charge in [0, 0.05) is 41.6 Å². The third-order valence-electron chi connectivity index (χ3n) is 2.63. The van der Waals surface area contributed by atoms with Gasteiger partial charge in [0.25, 0.3) is 5.91 Å². The number of aryl methyl sites for hydroxylation is 1. The predicted molar refractivity (Wildman–Crippen MR) is 76.6 cm³/mol. The summed E-state index contributed by atoms with van der Waals surface area (Å²) in [7, 11) is 0.944. The lowest BCUT2D eigenvalue weighted by Crippen LogP contribution is -2.28. The van der Waals surface area contributed by atoms with Gasteiger partial charge in [-0.25, -0.2) is 0 Å². The highest BCUT2D eigenvalue weighted by Crippen LogP contribution is 2.16. The molecule has 0 aromatic heterocycles. The maximum absolute atomic E-state index is 12.0. The van der Waals surface area contributed by atoms with Gasteiger partial charge in [0.2, 0.25) is 0 Å². The summed E-state index contributed by atoms with van der Waals surface area (Å²) in [5, 5.41) is 5.79. The van der Waals surface area contributed by atoms with Gasteiger partial charge in [-0.15, -0.1) is 0 Å². The zero-order valence-electron chi connectivity index (χ0n) is 11.1. The molecule has 2 N–H and O–H groups in total. The molecule has 0 aliphatic rings. The number of anilines is 1. The van der Waals surface area contributed by atoms with Gasteiger partial charge in [-0.1, -0.05) is 18.6 Å². The molecule has 5 heteroatoms. The van der Waals surface area contributed by atoms with Crippen LogP contribution < -0.4 is 10.6 Å². The molecule has 0 saturated heterocycles. The van der Waals surface area contributed by atoms with Crippen molar-refractivity contribution in [3.8, 4) is 0 Å². The molecule has 0 aliphatic carbocycles. The van der Waals surface area contributed by atoms with Crippen molar-refractivity contribution in [3.63, 3.8) is 0 Å². The highest BCUT2D eigenvalue weighted by atomic mass is 32.2. The van der Waals surface area contributed by atoms with Gasteiger partial charge in [0.1, 0.15) is 0 Å². The van der Waals surface area contributed by atoms with Crippen LogP contribution in [0.25, 0.3) is 0 Å². The molecular weight excluding hydrogens is 248 g/mol. The number of hydrogen-bond acceptors (Lipinski definition) is 3. The average Bonchev–Trinajstić information content (AvgIpc) is 2.38. The Balaban J connectivity index is 2.66. The molecule has 0 saturated carbocycles. The van der Waals surface area contributed by atoms with E-state index in [0.717, 1.165) is 11.3 Å². The van der Waals surface area contributed by atoms with E-state index in [2.05, 4.69) is 10.6 Å². The van der Waals surface area contributed by atoms with E-state index in [4.69, 9.17) is 0 Å². The van der Waals surface area contributed by atoms with Crippen LogP contribution in [0, 0.1) is 6.92 Å². The Morgan fingerprint density at radius 1 is 1.39 bits per heavy atom. The number of amides is 1. The summed E-state index contributed by atoms with van der Waals surface area (Å²) in [6.45, 7) is 4.26. The first kappa shape index (κ1) is 14.7. The molecule has 0 aliphatic heterocycles. The maximum Gasteiger partial charge on any atom is 0.253 e. The molecule has 1 unspecified atom stereocenters. The Bertz CT molecular complexity index is 447. The fourth-order valence-corrected chi connectivity index (χ4v) is 2.20. The molecule has 1 aromatic carbocycles. The number of benzene rings is 1. The molecule has 0 heterocycles. The average molecular weight is 268 g/mol. The van der Waals surface area contributed by atoms with Crippen LogP contribution in [0.3, 0.4) is 0 Å². The quantitative estimate of drug-likeness (QED) is 0.822. The second kappa shape index (κ2) is 7.16. The van der Waals surface area contributed by atoms with E-state index in [1.807, 2.05) is 32.0 Å². The Labute approximate surface area is 111 Å². The Morgan fingerprint density at radius 3 is 2.72 bits per heavy atom. The molecule has 0 bridgehead atoms. The fourth-order valence-electron chi connectivity index (χ4n) is 1.58. The van der Waals surface area contributed by atoms with Crippen molar-refractivity contribution in [2.24, 2.45) is 0 Å².